The lowest BCUT2D eigenvalue weighted by molar-refractivity contribution is -0.177. The Morgan fingerprint density at radius 3 is 2.77 bits per heavy atom. The predicted molar refractivity (Wildman–Crippen MR) is 152 cm³/mol. The van der Waals surface area contributed by atoms with Crippen LogP contribution in [-0.2, 0) is 16.2 Å². The highest BCUT2D eigenvalue weighted by atomic mass is 32.1. The number of halogens is 1. The van der Waals surface area contributed by atoms with Gasteiger partial charge in [0.2, 0.25) is 0 Å². The van der Waals surface area contributed by atoms with E-state index < -0.39 is 6.10 Å². The van der Waals surface area contributed by atoms with Crippen molar-refractivity contribution in [1.29, 1.82) is 0 Å². The van der Waals surface area contributed by atoms with Crippen LogP contribution in [0.3, 0.4) is 0 Å². The second-order valence-electron chi connectivity index (χ2n) is 9.91. The number of urea groups is 1. The zero-order valence-electron chi connectivity index (χ0n) is 22.8. The molecule has 0 saturated carbocycles. The lowest BCUT2D eigenvalue weighted by Crippen LogP contribution is -2.46. The van der Waals surface area contributed by atoms with Crippen molar-refractivity contribution < 1.29 is 19.0 Å². The number of nitrogens with zero attached hydrogens (tertiary/aromatic N) is 5. The molecule has 0 bridgehead atoms. The summed E-state index contributed by atoms with van der Waals surface area (Å²) in [5.41, 5.74) is 5.07. The highest BCUT2D eigenvalue weighted by Gasteiger charge is 2.24. The first-order chi connectivity index (χ1) is 19.3. The minimum atomic E-state index is -0.863. The van der Waals surface area contributed by atoms with Gasteiger partial charge in [0.25, 0.3) is 0 Å². The second kappa shape index (κ2) is 12.3. The first-order valence-corrected chi connectivity index (χ1v) is 14.1. The number of carbonyl (C=O) groups excluding carboxylic acids is 1. The van der Waals surface area contributed by atoms with Gasteiger partial charge in [-0.1, -0.05) is 11.3 Å². The number of nitrogens with one attached hydrogen (secondary N) is 2. The van der Waals surface area contributed by atoms with Crippen molar-refractivity contribution in [1.82, 2.24) is 30.2 Å². The van der Waals surface area contributed by atoms with Crippen LogP contribution >= 0.6 is 11.3 Å². The van der Waals surface area contributed by atoms with E-state index in [1.54, 1.807) is 12.4 Å². The summed E-state index contributed by atoms with van der Waals surface area (Å²) in [6.45, 7) is 10.5. The van der Waals surface area contributed by atoms with Gasteiger partial charge in [0.15, 0.2) is 17.1 Å². The number of hydrogen-bond donors (Lipinski definition) is 2. The number of morpholine rings is 1. The summed E-state index contributed by atoms with van der Waals surface area (Å²) in [5, 5.41) is 6.03. The summed E-state index contributed by atoms with van der Waals surface area (Å²) in [7, 11) is 0. The van der Waals surface area contributed by atoms with Gasteiger partial charge in [0, 0.05) is 55.4 Å². The van der Waals surface area contributed by atoms with E-state index in [0.717, 1.165) is 45.7 Å². The minimum Gasteiger partial charge on any atom is -0.376 e. The maximum Gasteiger partial charge on any atom is 0.321 e. The van der Waals surface area contributed by atoms with Crippen LogP contribution in [0, 0.1) is 0 Å². The number of benzene rings is 1. The summed E-state index contributed by atoms with van der Waals surface area (Å²) in [5.74, 6) is 0.246. The number of fused-ring (bicyclic) bond motifs is 1. The summed E-state index contributed by atoms with van der Waals surface area (Å²) < 4.78 is 19.3. The van der Waals surface area contributed by atoms with Crippen LogP contribution in [0.25, 0.3) is 32.6 Å². The molecular formula is C28H32FN7O3S. The van der Waals surface area contributed by atoms with Crippen LogP contribution in [0.15, 0.2) is 42.9 Å². The molecule has 1 saturated heterocycles. The van der Waals surface area contributed by atoms with Gasteiger partial charge in [-0.2, -0.15) is 4.94 Å². The molecule has 210 valence electrons. The van der Waals surface area contributed by atoms with Crippen molar-refractivity contribution in [3.05, 3.63) is 54.2 Å². The number of pyridine rings is 1. The molecule has 12 heteroatoms. The van der Waals surface area contributed by atoms with Gasteiger partial charge in [-0.05, 0) is 67.6 Å². The van der Waals surface area contributed by atoms with E-state index in [9.17, 15) is 9.32 Å². The quantitative estimate of drug-likeness (QED) is 0.287. The van der Waals surface area contributed by atoms with Crippen LogP contribution in [0.1, 0.15) is 45.2 Å². The van der Waals surface area contributed by atoms with E-state index in [0.29, 0.717) is 29.8 Å². The third-order valence-electron chi connectivity index (χ3n) is 6.77. The van der Waals surface area contributed by atoms with Crippen LogP contribution in [0.4, 0.5) is 14.5 Å². The number of ether oxygens (including phenoxy) is 1. The molecule has 40 heavy (non-hydrogen) atoms. The monoisotopic (exact) mass is 565 g/mol. The molecule has 3 atom stereocenters. The third kappa shape index (κ3) is 6.25. The molecule has 10 nitrogen and oxygen atoms in total. The fraction of sp³-hybridized carbons (Fsp3) is 0.393. The van der Waals surface area contributed by atoms with E-state index in [4.69, 9.17) is 9.72 Å². The molecule has 2 N–H and O–H groups in total. The normalized spacial score (nSPS) is 18.5. The smallest absolute Gasteiger partial charge is 0.321 e. The van der Waals surface area contributed by atoms with Crippen molar-refractivity contribution in [3.8, 4) is 22.4 Å². The Labute approximate surface area is 235 Å². The average molecular weight is 566 g/mol. The molecule has 1 aromatic carbocycles. The summed E-state index contributed by atoms with van der Waals surface area (Å²) in [4.78, 5) is 36.4. The summed E-state index contributed by atoms with van der Waals surface area (Å²) >= 11 is 1.39. The molecule has 1 fully saturated rings. The van der Waals surface area contributed by atoms with Crippen molar-refractivity contribution in [2.75, 3.05) is 25.0 Å². The van der Waals surface area contributed by atoms with Crippen molar-refractivity contribution >= 4 is 32.7 Å². The second-order valence-corrected chi connectivity index (χ2v) is 10.9. The molecule has 0 spiro atoms. The number of carbonyl (C=O) groups is 1. The number of hydrogen-bond acceptors (Lipinski definition) is 9. The molecule has 4 heterocycles. The number of aromatic nitrogens is 4. The zero-order valence-corrected chi connectivity index (χ0v) is 23.7. The van der Waals surface area contributed by atoms with Gasteiger partial charge in [-0.25, -0.2) is 19.7 Å². The maximum absolute atomic E-state index is 12.6. The molecule has 2 amide bonds. The number of amides is 2. The first-order valence-electron chi connectivity index (χ1n) is 13.2. The predicted octanol–water partition coefficient (Wildman–Crippen LogP) is 5.53. The van der Waals surface area contributed by atoms with Crippen LogP contribution < -0.4 is 10.6 Å². The van der Waals surface area contributed by atoms with Gasteiger partial charge in [0.05, 0.1) is 28.6 Å². The first kappa shape index (κ1) is 28.0. The van der Waals surface area contributed by atoms with Crippen molar-refractivity contribution in [2.24, 2.45) is 0 Å². The number of thiazole rings is 1. The third-order valence-corrected chi connectivity index (χ3v) is 7.79. The van der Waals surface area contributed by atoms with E-state index in [2.05, 4.69) is 55.3 Å². The SMILES string of the molecule is CCNC(=O)Nc1nc2cc(-c3cnc(C(C)OF)nc3)cc(-c3cc(CN4CC(C)OCC4C)ccn3)c2s1. The maximum atomic E-state index is 12.6. The Hall–Kier alpha value is -3.58. The average Bonchev–Trinajstić information content (AvgIpc) is 3.36. The summed E-state index contributed by atoms with van der Waals surface area (Å²) in [6, 6.07) is 8.09. The highest BCUT2D eigenvalue weighted by Crippen LogP contribution is 2.38. The lowest BCUT2D eigenvalue weighted by atomic mass is 10.0. The molecule has 1 aliphatic heterocycles. The Morgan fingerprint density at radius 1 is 1.23 bits per heavy atom. The number of anilines is 1. The molecule has 3 unspecified atom stereocenters. The fourth-order valence-corrected chi connectivity index (χ4v) is 5.59. The van der Waals surface area contributed by atoms with Gasteiger partial charge in [-0.3, -0.25) is 15.2 Å². The largest absolute Gasteiger partial charge is 0.376 e. The van der Waals surface area contributed by atoms with Crippen molar-refractivity contribution in [3.63, 3.8) is 0 Å². The Bertz CT molecular complexity index is 1480. The molecule has 3 aromatic heterocycles. The topological polar surface area (TPSA) is 114 Å². The highest BCUT2D eigenvalue weighted by molar-refractivity contribution is 7.22. The van der Waals surface area contributed by atoms with Gasteiger partial charge in [-0.15, -0.1) is 0 Å². The van der Waals surface area contributed by atoms with E-state index in [1.165, 1.54) is 18.3 Å². The Kier molecular flexibility index (Phi) is 8.60. The number of rotatable bonds is 8. The van der Waals surface area contributed by atoms with E-state index in [-0.39, 0.29) is 18.0 Å². The molecule has 0 radical (unpaired) electrons. The lowest BCUT2D eigenvalue weighted by Gasteiger charge is -2.36. The molecular weight excluding hydrogens is 533 g/mol. The zero-order chi connectivity index (χ0) is 28.2. The Morgan fingerprint density at radius 2 is 2.02 bits per heavy atom. The molecule has 1 aliphatic rings. The van der Waals surface area contributed by atoms with Crippen LogP contribution in [0.2, 0.25) is 0 Å². The standard InChI is InChI=1S/C28H32FN7O3S/c1-5-30-27(37)35-28-34-24-10-20(21-11-32-26(33-12-21)18(4)39-29)9-22(25(24)40-28)23-8-19(6-7-31-23)14-36-13-17(3)38-15-16(36)2/h6-12,16-18H,5,13-15H2,1-4H3,(H2,30,34,35,37). The van der Waals surface area contributed by atoms with Gasteiger partial charge < -0.3 is 10.1 Å². The van der Waals surface area contributed by atoms with E-state index in [1.807, 2.05) is 31.3 Å². The fourth-order valence-electron chi connectivity index (χ4n) is 4.63. The molecule has 0 aliphatic carbocycles. The minimum absolute atomic E-state index is 0.190. The van der Waals surface area contributed by atoms with Crippen LogP contribution in [0.5, 0.6) is 0 Å². The summed E-state index contributed by atoms with van der Waals surface area (Å²) in [6.07, 6.45) is 4.41. The van der Waals surface area contributed by atoms with Gasteiger partial charge in [0.1, 0.15) is 0 Å². The van der Waals surface area contributed by atoms with Crippen LogP contribution in [-0.4, -0.2) is 62.7 Å². The molecule has 4 aromatic rings. The Balaban J connectivity index is 1.55. The van der Waals surface area contributed by atoms with Crippen molar-refractivity contribution in [2.45, 2.75) is 52.5 Å². The van der Waals surface area contributed by atoms with Gasteiger partial charge >= 0.3 is 6.03 Å². The molecule has 5 rings (SSSR count). The van der Waals surface area contributed by atoms with E-state index >= 15 is 0 Å².